The Labute approximate surface area is 114 Å². The van der Waals surface area contributed by atoms with Crippen molar-refractivity contribution in [1.29, 1.82) is 0 Å². The highest BCUT2D eigenvalue weighted by Crippen LogP contribution is 2.17. The number of carbonyl (C=O) groups is 1. The van der Waals surface area contributed by atoms with Gasteiger partial charge < -0.3 is 5.11 Å². The van der Waals surface area contributed by atoms with Gasteiger partial charge in [-0.15, -0.1) is 0 Å². The molecule has 0 bridgehead atoms. The lowest BCUT2D eigenvalue weighted by Gasteiger charge is -2.19. The zero-order chi connectivity index (χ0) is 14.0. The van der Waals surface area contributed by atoms with E-state index in [-0.39, 0.29) is 11.4 Å². The summed E-state index contributed by atoms with van der Waals surface area (Å²) in [5.41, 5.74) is -1.17. The molecule has 0 aliphatic rings. The van der Waals surface area contributed by atoms with Crippen LogP contribution in [0.2, 0.25) is 0 Å². The van der Waals surface area contributed by atoms with Crippen molar-refractivity contribution in [2.45, 2.75) is 18.7 Å². The molecule has 8 heteroatoms. The summed E-state index contributed by atoms with van der Waals surface area (Å²) in [4.78, 5) is 14.6. The molecule has 1 heterocycles. The van der Waals surface area contributed by atoms with Crippen LogP contribution in [-0.4, -0.2) is 31.0 Å². The predicted molar refractivity (Wildman–Crippen MR) is 68.5 cm³/mol. The average Bonchev–Trinajstić information content (AvgIpc) is 2.26. The molecular formula is C10H13BrN2O4S. The monoisotopic (exact) mass is 336 g/mol. The zero-order valence-electron chi connectivity index (χ0n) is 9.84. The van der Waals surface area contributed by atoms with Crippen molar-refractivity contribution in [1.82, 2.24) is 9.71 Å². The standard InChI is InChI=1S/C10H13BrN2O4S/c1-10(2,9(14)15)6-13-18(16,17)8-3-7(11)4-12-5-8/h3-5,13H,6H2,1-2H3,(H,14,15). The number of sulfonamides is 1. The molecule has 0 saturated heterocycles. The lowest BCUT2D eigenvalue weighted by Crippen LogP contribution is -2.38. The van der Waals surface area contributed by atoms with E-state index < -0.39 is 21.4 Å². The van der Waals surface area contributed by atoms with Crippen LogP contribution in [0.1, 0.15) is 13.8 Å². The average molecular weight is 337 g/mol. The van der Waals surface area contributed by atoms with Crippen LogP contribution in [0.15, 0.2) is 27.8 Å². The Bertz CT molecular complexity index is 557. The predicted octanol–water partition coefficient (Wildman–Crippen LogP) is 1.23. The van der Waals surface area contributed by atoms with Gasteiger partial charge in [0.2, 0.25) is 10.0 Å². The lowest BCUT2D eigenvalue weighted by atomic mass is 9.95. The molecule has 0 unspecified atom stereocenters. The minimum absolute atomic E-state index is 0.0157. The van der Waals surface area contributed by atoms with Crippen LogP contribution >= 0.6 is 15.9 Å². The minimum Gasteiger partial charge on any atom is -0.481 e. The van der Waals surface area contributed by atoms with E-state index in [4.69, 9.17) is 5.11 Å². The molecule has 0 amide bonds. The second-order valence-electron chi connectivity index (χ2n) is 4.35. The van der Waals surface area contributed by atoms with Crippen molar-refractivity contribution >= 4 is 31.9 Å². The Morgan fingerprint density at radius 2 is 2.11 bits per heavy atom. The fourth-order valence-electron chi connectivity index (χ4n) is 0.974. The van der Waals surface area contributed by atoms with Crippen LogP contribution in [0, 0.1) is 5.41 Å². The van der Waals surface area contributed by atoms with Crippen molar-refractivity contribution in [2.24, 2.45) is 5.41 Å². The summed E-state index contributed by atoms with van der Waals surface area (Å²) in [6.07, 6.45) is 2.65. The first-order valence-corrected chi connectivity index (χ1v) is 7.26. The van der Waals surface area contributed by atoms with Gasteiger partial charge in [0.1, 0.15) is 4.90 Å². The summed E-state index contributed by atoms with van der Waals surface area (Å²) in [6.45, 7) is 2.69. The normalized spacial score (nSPS) is 12.4. The van der Waals surface area contributed by atoms with Gasteiger partial charge in [-0.2, -0.15) is 0 Å². The van der Waals surface area contributed by atoms with E-state index in [2.05, 4.69) is 25.6 Å². The van der Waals surface area contributed by atoms with Crippen LogP contribution in [-0.2, 0) is 14.8 Å². The molecule has 0 aliphatic carbocycles. The van der Waals surface area contributed by atoms with Gasteiger partial charge in [-0.1, -0.05) is 0 Å². The highest BCUT2D eigenvalue weighted by Gasteiger charge is 2.29. The fraction of sp³-hybridized carbons (Fsp3) is 0.400. The van der Waals surface area contributed by atoms with E-state index in [1.165, 1.54) is 32.3 Å². The van der Waals surface area contributed by atoms with E-state index in [0.717, 1.165) is 0 Å². The first-order chi connectivity index (χ1) is 8.15. The van der Waals surface area contributed by atoms with Crippen LogP contribution in [0.25, 0.3) is 0 Å². The van der Waals surface area contributed by atoms with E-state index in [1.807, 2.05) is 0 Å². The SMILES string of the molecule is CC(C)(CNS(=O)(=O)c1cncc(Br)c1)C(=O)O. The largest absolute Gasteiger partial charge is 0.481 e. The summed E-state index contributed by atoms with van der Waals surface area (Å²) < 4.78 is 26.6. The molecule has 0 spiro atoms. The zero-order valence-corrected chi connectivity index (χ0v) is 12.2. The number of nitrogens with zero attached hydrogens (tertiary/aromatic N) is 1. The number of nitrogens with one attached hydrogen (secondary N) is 1. The molecule has 0 radical (unpaired) electrons. The number of carboxylic acid groups (broad SMARTS) is 1. The molecule has 0 aromatic carbocycles. The van der Waals surface area contributed by atoms with Gasteiger partial charge in [0, 0.05) is 23.4 Å². The third kappa shape index (κ3) is 3.76. The maximum atomic E-state index is 11.9. The molecule has 1 rings (SSSR count). The maximum absolute atomic E-state index is 11.9. The van der Waals surface area contributed by atoms with Gasteiger partial charge in [0.15, 0.2) is 0 Å². The summed E-state index contributed by atoms with van der Waals surface area (Å²) in [5.74, 6) is -1.07. The number of halogens is 1. The molecular weight excluding hydrogens is 324 g/mol. The number of aliphatic carboxylic acids is 1. The maximum Gasteiger partial charge on any atom is 0.310 e. The Hall–Kier alpha value is -0.990. The molecule has 1 aromatic rings. The Morgan fingerprint density at radius 3 is 2.61 bits per heavy atom. The number of pyridine rings is 1. The van der Waals surface area contributed by atoms with Gasteiger partial charge in [-0.25, -0.2) is 13.1 Å². The van der Waals surface area contributed by atoms with E-state index >= 15 is 0 Å². The van der Waals surface area contributed by atoms with Crippen LogP contribution < -0.4 is 4.72 Å². The lowest BCUT2D eigenvalue weighted by molar-refractivity contribution is -0.146. The molecule has 0 atom stereocenters. The van der Waals surface area contributed by atoms with Crippen LogP contribution in [0.3, 0.4) is 0 Å². The summed E-state index contributed by atoms with van der Waals surface area (Å²) >= 11 is 3.12. The van der Waals surface area contributed by atoms with Gasteiger partial charge in [-0.05, 0) is 35.8 Å². The Balaban J connectivity index is 2.87. The fourth-order valence-corrected chi connectivity index (χ4v) is 2.69. The first-order valence-electron chi connectivity index (χ1n) is 4.99. The van der Waals surface area contributed by atoms with E-state index in [1.54, 1.807) is 0 Å². The van der Waals surface area contributed by atoms with Gasteiger partial charge in [-0.3, -0.25) is 9.78 Å². The smallest absolute Gasteiger partial charge is 0.310 e. The number of hydrogen-bond donors (Lipinski definition) is 2. The van der Waals surface area contributed by atoms with Crippen molar-refractivity contribution in [2.75, 3.05) is 6.54 Å². The third-order valence-corrected chi connectivity index (χ3v) is 4.08. The van der Waals surface area contributed by atoms with E-state index in [0.29, 0.717) is 4.47 Å². The number of carboxylic acids is 1. The number of rotatable bonds is 5. The summed E-state index contributed by atoms with van der Waals surface area (Å²) in [5, 5.41) is 8.90. The van der Waals surface area contributed by atoms with Crippen molar-refractivity contribution in [3.05, 3.63) is 22.9 Å². The molecule has 2 N–H and O–H groups in total. The highest BCUT2D eigenvalue weighted by atomic mass is 79.9. The van der Waals surface area contributed by atoms with Gasteiger partial charge >= 0.3 is 5.97 Å². The summed E-state index contributed by atoms with van der Waals surface area (Å²) in [7, 11) is -3.76. The van der Waals surface area contributed by atoms with Crippen LogP contribution in [0.5, 0.6) is 0 Å². The van der Waals surface area contributed by atoms with Crippen LogP contribution in [0.4, 0.5) is 0 Å². The topological polar surface area (TPSA) is 96.4 Å². The van der Waals surface area contributed by atoms with Gasteiger partial charge in [0.25, 0.3) is 0 Å². The molecule has 0 fully saturated rings. The Kier molecular flexibility index (Phi) is 4.46. The second-order valence-corrected chi connectivity index (χ2v) is 7.04. The molecule has 18 heavy (non-hydrogen) atoms. The van der Waals surface area contributed by atoms with Crippen molar-refractivity contribution in [3.8, 4) is 0 Å². The first kappa shape index (κ1) is 15.1. The quantitative estimate of drug-likeness (QED) is 0.842. The Morgan fingerprint density at radius 1 is 1.50 bits per heavy atom. The van der Waals surface area contributed by atoms with Gasteiger partial charge in [0.05, 0.1) is 5.41 Å². The molecule has 0 aliphatic heterocycles. The highest BCUT2D eigenvalue weighted by molar-refractivity contribution is 9.10. The summed E-state index contributed by atoms with van der Waals surface area (Å²) in [6, 6.07) is 1.39. The molecule has 0 saturated carbocycles. The van der Waals surface area contributed by atoms with E-state index in [9.17, 15) is 13.2 Å². The molecule has 100 valence electrons. The van der Waals surface area contributed by atoms with Crippen molar-refractivity contribution in [3.63, 3.8) is 0 Å². The molecule has 1 aromatic heterocycles. The second kappa shape index (κ2) is 5.33. The number of aromatic nitrogens is 1. The minimum atomic E-state index is -3.76. The number of hydrogen-bond acceptors (Lipinski definition) is 4. The third-order valence-electron chi connectivity index (χ3n) is 2.27. The molecule has 6 nitrogen and oxygen atoms in total. The van der Waals surface area contributed by atoms with Crippen molar-refractivity contribution < 1.29 is 18.3 Å².